The molecule has 1 aliphatic rings. The van der Waals surface area contributed by atoms with E-state index in [1.807, 2.05) is 26.8 Å². The highest BCUT2D eigenvalue weighted by Gasteiger charge is 2.33. The van der Waals surface area contributed by atoms with E-state index in [1.165, 1.54) is 0 Å². The van der Waals surface area contributed by atoms with Crippen molar-refractivity contribution in [2.45, 2.75) is 38.5 Å². The molecule has 0 bridgehead atoms. The van der Waals surface area contributed by atoms with Crippen molar-refractivity contribution in [1.82, 2.24) is 15.2 Å². The second-order valence-electron chi connectivity index (χ2n) is 6.80. The maximum Gasteiger partial charge on any atom is 0.410 e. The molecule has 1 aromatic rings. The van der Waals surface area contributed by atoms with Crippen molar-refractivity contribution in [2.75, 3.05) is 26.8 Å². The summed E-state index contributed by atoms with van der Waals surface area (Å²) in [6.45, 7) is 7.09. The summed E-state index contributed by atoms with van der Waals surface area (Å²) in [5.74, 6) is 0. The van der Waals surface area contributed by atoms with Gasteiger partial charge in [-0.1, -0.05) is 11.6 Å². The molecule has 2 heterocycles. The molecule has 1 N–H and O–H groups in total. The molecule has 1 amide bonds. The van der Waals surface area contributed by atoms with Gasteiger partial charge in [0.1, 0.15) is 15.4 Å². The standard InChI is InChI=1S/C16H23BrClN3O3/c1-16(2,3)24-15(22)21-7-11(9-23-4)19-12(8-21)10-5-13(17)20-14(18)6-10/h5-6,11-12,19H,7-9H2,1-4H3/t11-,12-/m0/s1. The van der Waals surface area contributed by atoms with Gasteiger partial charge in [0, 0.05) is 26.2 Å². The van der Waals surface area contributed by atoms with Crippen LogP contribution in [0.3, 0.4) is 0 Å². The lowest BCUT2D eigenvalue weighted by molar-refractivity contribution is 0.0105. The number of rotatable bonds is 3. The average molecular weight is 421 g/mol. The van der Waals surface area contributed by atoms with E-state index >= 15 is 0 Å². The van der Waals surface area contributed by atoms with Crippen LogP contribution in [0.1, 0.15) is 32.4 Å². The summed E-state index contributed by atoms with van der Waals surface area (Å²) < 4.78 is 11.4. The highest BCUT2D eigenvalue weighted by molar-refractivity contribution is 9.10. The molecule has 1 fully saturated rings. The number of ether oxygens (including phenoxy) is 2. The normalized spacial score (nSPS) is 21.7. The lowest BCUT2D eigenvalue weighted by atomic mass is 10.0. The molecule has 0 spiro atoms. The van der Waals surface area contributed by atoms with Crippen LogP contribution in [0.25, 0.3) is 0 Å². The molecule has 0 aliphatic carbocycles. The molecule has 2 rings (SSSR count). The minimum atomic E-state index is -0.531. The third-order valence-electron chi connectivity index (χ3n) is 3.49. The Bertz CT molecular complexity index is 574. The van der Waals surface area contributed by atoms with Crippen LogP contribution in [0.2, 0.25) is 5.15 Å². The molecule has 6 nitrogen and oxygen atoms in total. The monoisotopic (exact) mass is 419 g/mol. The SMILES string of the molecule is COC[C@@H]1CN(C(=O)OC(C)(C)C)C[C@@H](c2cc(Cl)nc(Br)c2)N1. The first-order valence-corrected chi connectivity index (χ1v) is 8.91. The van der Waals surface area contributed by atoms with Gasteiger partial charge in [-0.15, -0.1) is 0 Å². The molecule has 8 heteroatoms. The van der Waals surface area contributed by atoms with Crippen molar-refractivity contribution in [3.05, 3.63) is 27.5 Å². The van der Waals surface area contributed by atoms with E-state index in [2.05, 4.69) is 26.2 Å². The zero-order valence-electron chi connectivity index (χ0n) is 14.3. The Hall–Kier alpha value is -0.890. The predicted molar refractivity (Wildman–Crippen MR) is 96.3 cm³/mol. The van der Waals surface area contributed by atoms with Crippen LogP contribution in [0.5, 0.6) is 0 Å². The number of carbonyl (C=O) groups is 1. The Kier molecular flexibility index (Phi) is 6.47. The van der Waals surface area contributed by atoms with Crippen LogP contribution >= 0.6 is 27.5 Å². The van der Waals surface area contributed by atoms with Crippen LogP contribution < -0.4 is 5.32 Å². The van der Waals surface area contributed by atoms with Gasteiger partial charge in [-0.25, -0.2) is 9.78 Å². The van der Waals surface area contributed by atoms with Crippen LogP contribution in [-0.2, 0) is 9.47 Å². The van der Waals surface area contributed by atoms with Gasteiger partial charge < -0.3 is 19.7 Å². The van der Waals surface area contributed by atoms with E-state index < -0.39 is 5.60 Å². The van der Waals surface area contributed by atoms with Gasteiger partial charge in [0.2, 0.25) is 0 Å². The Morgan fingerprint density at radius 2 is 2.17 bits per heavy atom. The third kappa shape index (κ3) is 5.58. The second kappa shape index (κ2) is 7.99. The van der Waals surface area contributed by atoms with E-state index in [1.54, 1.807) is 18.1 Å². The Labute approximate surface area is 156 Å². The van der Waals surface area contributed by atoms with E-state index in [0.29, 0.717) is 29.5 Å². The zero-order chi connectivity index (χ0) is 17.9. The fourth-order valence-electron chi connectivity index (χ4n) is 2.61. The summed E-state index contributed by atoms with van der Waals surface area (Å²) in [5, 5.41) is 3.89. The number of hydrogen-bond acceptors (Lipinski definition) is 5. The lowest BCUT2D eigenvalue weighted by Gasteiger charge is -2.39. The van der Waals surface area contributed by atoms with Crippen LogP contribution in [-0.4, -0.2) is 54.4 Å². The first kappa shape index (κ1) is 19.4. The van der Waals surface area contributed by atoms with Gasteiger partial charge in [-0.2, -0.15) is 0 Å². The van der Waals surface area contributed by atoms with E-state index in [9.17, 15) is 4.79 Å². The molecule has 0 radical (unpaired) electrons. The quantitative estimate of drug-likeness (QED) is 0.759. The molecule has 0 unspecified atom stereocenters. The van der Waals surface area contributed by atoms with Gasteiger partial charge in [0.05, 0.1) is 12.6 Å². The molecule has 1 saturated heterocycles. The molecule has 2 atom stereocenters. The van der Waals surface area contributed by atoms with Crippen molar-refractivity contribution in [1.29, 1.82) is 0 Å². The molecule has 1 aliphatic heterocycles. The number of nitrogens with zero attached hydrogens (tertiary/aromatic N) is 2. The number of piperazine rings is 1. The first-order chi connectivity index (χ1) is 11.2. The Morgan fingerprint density at radius 3 is 2.75 bits per heavy atom. The predicted octanol–water partition coefficient (Wildman–Crippen LogP) is 3.39. The van der Waals surface area contributed by atoms with Crippen LogP contribution in [0, 0.1) is 0 Å². The largest absolute Gasteiger partial charge is 0.444 e. The molecular formula is C16H23BrClN3O3. The van der Waals surface area contributed by atoms with Gasteiger partial charge in [0.25, 0.3) is 0 Å². The Morgan fingerprint density at radius 1 is 1.46 bits per heavy atom. The highest BCUT2D eigenvalue weighted by atomic mass is 79.9. The van der Waals surface area contributed by atoms with Gasteiger partial charge in [0.15, 0.2) is 0 Å². The summed E-state index contributed by atoms with van der Waals surface area (Å²) >= 11 is 9.41. The van der Waals surface area contributed by atoms with Crippen molar-refractivity contribution in [2.24, 2.45) is 0 Å². The third-order valence-corrected chi connectivity index (χ3v) is 4.09. The van der Waals surface area contributed by atoms with E-state index in [4.69, 9.17) is 21.1 Å². The van der Waals surface area contributed by atoms with Gasteiger partial charge >= 0.3 is 6.09 Å². The smallest absolute Gasteiger partial charge is 0.410 e. The fraction of sp³-hybridized carbons (Fsp3) is 0.625. The van der Waals surface area contributed by atoms with Crippen molar-refractivity contribution in [3.63, 3.8) is 0 Å². The summed E-state index contributed by atoms with van der Waals surface area (Å²) in [6.07, 6.45) is -0.325. The zero-order valence-corrected chi connectivity index (χ0v) is 16.6. The summed E-state index contributed by atoms with van der Waals surface area (Å²) in [7, 11) is 1.64. The lowest BCUT2D eigenvalue weighted by Crippen LogP contribution is -2.56. The molecule has 0 saturated carbocycles. The van der Waals surface area contributed by atoms with Crippen LogP contribution in [0.4, 0.5) is 4.79 Å². The highest BCUT2D eigenvalue weighted by Crippen LogP contribution is 2.25. The summed E-state index contributed by atoms with van der Waals surface area (Å²) in [5.41, 5.74) is 0.424. The van der Waals surface area contributed by atoms with Crippen molar-refractivity contribution >= 4 is 33.6 Å². The van der Waals surface area contributed by atoms with Crippen molar-refractivity contribution < 1.29 is 14.3 Å². The number of amides is 1. The van der Waals surface area contributed by atoms with E-state index in [-0.39, 0.29) is 18.2 Å². The number of nitrogens with one attached hydrogen (secondary N) is 1. The van der Waals surface area contributed by atoms with E-state index in [0.717, 1.165) is 5.56 Å². The molecule has 24 heavy (non-hydrogen) atoms. The fourth-order valence-corrected chi connectivity index (χ4v) is 3.39. The molecular weight excluding hydrogens is 398 g/mol. The number of aromatic nitrogens is 1. The molecule has 0 aromatic carbocycles. The maximum absolute atomic E-state index is 12.5. The number of pyridine rings is 1. The summed E-state index contributed by atoms with van der Waals surface area (Å²) in [6, 6.07) is 3.62. The Balaban J connectivity index is 2.20. The average Bonchev–Trinajstić information content (AvgIpc) is 2.44. The minimum absolute atomic E-state index is 0.00647. The van der Waals surface area contributed by atoms with Gasteiger partial charge in [-0.05, 0) is 54.4 Å². The number of hydrogen-bond donors (Lipinski definition) is 1. The topological polar surface area (TPSA) is 63.7 Å². The molecule has 1 aromatic heterocycles. The van der Waals surface area contributed by atoms with Gasteiger partial charge in [-0.3, -0.25) is 0 Å². The molecule has 134 valence electrons. The number of methoxy groups -OCH3 is 1. The van der Waals surface area contributed by atoms with Crippen LogP contribution in [0.15, 0.2) is 16.7 Å². The number of halogens is 2. The second-order valence-corrected chi connectivity index (χ2v) is 8.00. The minimum Gasteiger partial charge on any atom is -0.444 e. The first-order valence-electron chi connectivity index (χ1n) is 7.74. The number of carbonyl (C=O) groups excluding carboxylic acids is 1. The maximum atomic E-state index is 12.5. The summed E-state index contributed by atoms with van der Waals surface area (Å²) in [4.78, 5) is 18.3. The van der Waals surface area contributed by atoms with Crippen molar-refractivity contribution in [3.8, 4) is 0 Å².